The van der Waals surface area contributed by atoms with Gasteiger partial charge in [0.2, 0.25) is 0 Å². The summed E-state index contributed by atoms with van der Waals surface area (Å²) in [6.45, 7) is 7.53. The Morgan fingerprint density at radius 1 is 1.22 bits per heavy atom. The Balaban J connectivity index is 1.68. The minimum Gasteiger partial charge on any atom is -0.336 e. The summed E-state index contributed by atoms with van der Waals surface area (Å²) in [6, 6.07) is 14.6. The summed E-state index contributed by atoms with van der Waals surface area (Å²) in [5.41, 5.74) is 4.06. The van der Waals surface area contributed by atoms with Crippen LogP contribution >= 0.6 is 0 Å². The second-order valence-corrected chi connectivity index (χ2v) is 8.28. The fraction of sp³-hybridized carbons (Fsp3) is 0.455. The van der Waals surface area contributed by atoms with Gasteiger partial charge in [0.15, 0.2) is 0 Å². The maximum absolute atomic E-state index is 12.9. The number of aryl methyl sites for hydroxylation is 1. The molecule has 1 aromatic heterocycles. The van der Waals surface area contributed by atoms with Crippen LogP contribution in [0.15, 0.2) is 42.5 Å². The highest BCUT2D eigenvalue weighted by Gasteiger charge is 2.39. The van der Waals surface area contributed by atoms with Crippen molar-refractivity contribution in [2.24, 2.45) is 0 Å². The Bertz CT molecular complexity index is 801. The van der Waals surface area contributed by atoms with Crippen LogP contribution in [0.5, 0.6) is 0 Å². The van der Waals surface area contributed by atoms with Gasteiger partial charge in [-0.3, -0.25) is 9.88 Å². The second-order valence-electron chi connectivity index (χ2n) is 8.28. The van der Waals surface area contributed by atoms with E-state index in [1.54, 1.807) is 0 Å². The molecule has 1 aromatic carbocycles. The lowest BCUT2D eigenvalue weighted by Crippen LogP contribution is -2.47. The predicted octanol–water partition coefficient (Wildman–Crippen LogP) is 3.37. The zero-order chi connectivity index (χ0) is 19.6. The molecule has 0 saturated carbocycles. The molecule has 1 aliphatic rings. The molecule has 2 heterocycles. The summed E-state index contributed by atoms with van der Waals surface area (Å²) in [4.78, 5) is 21.6. The predicted molar refractivity (Wildman–Crippen MR) is 110 cm³/mol. The van der Waals surface area contributed by atoms with Crippen molar-refractivity contribution in [2.45, 2.75) is 38.6 Å². The van der Waals surface area contributed by atoms with Crippen molar-refractivity contribution in [1.29, 1.82) is 0 Å². The molecule has 0 bridgehead atoms. The summed E-state index contributed by atoms with van der Waals surface area (Å²) in [7, 11) is 4.11. The van der Waals surface area contributed by atoms with Crippen molar-refractivity contribution < 1.29 is 4.79 Å². The third-order valence-electron chi connectivity index (χ3n) is 5.28. The second kappa shape index (κ2) is 7.69. The van der Waals surface area contributed by atoms with Gasteiger partial charge in [0, 0.05) is 30.2 Å². The van der Waals surface area contributed by atoms with Crippen molar-refractivity contribution in [1.82, 2.24) is 15.2 Å². The number of nitrogens with one attached hydrogen (secondary N) is 1. The van der Waals surface area contributed by atoms with Gasteiger partial charge in [-0.05, 0) is 45.1 Å². The quantitative estimate of drug-likeness (QED) is 0.883. The SMILES string of the molecule is Cc1ccc2c(n1)C(C)(C)CN2C(=O)NCC(Cc1ccccc1)N(C)C. The molecule has 1 atom stereocenters. The van der Waals surface area contributed by atoms with Crippen molar-refractivity contribution in [3.05, 3.63) is 59.4 Å². The molecular formula is C22H30N4O. The van der Waals surface area contributed by atoms with Crippen LogP contribution in [0.2, 0.25) is 0 Å². The summed E-state index contributed by atoms with van der Waals surface area (Å²) < 4.78 is 0. The van der Waals surface area contributed by atoms with E-state index in [1.807, 2.05) is 30.0 Å². The van der Waals surface area contributed by atoms with Gasteiger partial charge in [0.05, 0.1) is 11.4 Å². The van der Waals surface area contributed by atoms with E-state index in [9.17, 15) is 4.79 Å². The van der Waals surface area contributed by atoms with E-state index in [4.69, 9.17) is 0 Å². The van der Waals surface area contributed by atoms with E-state index in [0.717, 1.165) is 23.5 Å². The monoisotopic (exact) mass is 366 g/mol. The maximum atomic E-state index is 12.9. The number of carbonyl (C=O) groups excluding carboxylic acids is 1. The molecule has 1 N–H and O–H groups in total. The molecule has 2 aromatic rings. The first-order valence-corrected chi connectivity index (χ1v) is 9.52. The molecule has 5 heteroatoms. The normalized spacial score (nSPS) is 16.3. The lowest BCUT2D eigenvalue weighted by molar-refractivity contribution is 0.236. The number of hydrogen-bond acceptors (Lipinski definition) is 3. The number of pyridine rings is 1. The number of amides is 2. The molecule has 0 aliphatic carbocycles. The van der Waals surface area contributed by atoms with Crippen LogP contribution in [0.4, 0.5) is 10.5 Å². The van der Waals surface area contributed by atoms with Crippen LogP contribution in [0.3, 0.4) is 0 Å². The fourth-order valence-electron chi connectivity index (χ4n) is 3.63. The topological polar surface area (TPSA) is 48.5 Å². The minimum absolute atomic E-state index is 0.0487. The molecule has 0 spiro atoms. The van der Waals surface area contributed by atoms with Gasteiger partial charge in [-0.25, -0.2) is 4.79 Å². The minimum atomic E-state index is -0.135. The average Bonchev–Trinajstić information content (AvgIpc) is 2.90. The number of aromatic nitrogens is 1. The highest BCUT2D eigenvalue weighted by atomic mass is 16.2. The number of fused-ring (bicyclic) bond motifs is 1. The van der Waals surface area contributed by atoms with Crippen molar-refractivity contribution in [3.63, 3.8) is 0 Å². The first-order chi connectivity index (χ1) is 12.8. The number of rotatable bonds is 5. The van der Waals surface area contributed by atoms with Crippen LogP contribution in [0.1, 0.15) is 30.8 Å². The van der Waals surface area contributed by atoms with Crippen LogP contribution in [-0.2, 0) is 11.8 Å². The number of carbonyl (C=O) groups is 1. The molecule has 27 heavy (non-hydrogen) atoms. The first kappa shape index (κ1) is 19.4. The Labute approximate surface area is 162 Å². The molecule has 0 radical (unpaired) electrons. The lowest BCUT2D eigenvalue weighted by atomic mass is 9.91. The number of hydrogen-bond donors (Lipinski definition) is 1. The molecule has 1 aliphatic heterocycles. The van der Waals surface area contributed by atoms with Crippen molar-refractivity contribution in [2.75, 3.05) is 32.1 Å². The fourth-order valence-corrected chi connectivity index (χ4v) is 3.63. The third-order valence-corrected chi connectivity index (χ3v) is 5.28. The summed E-state index contributed by atoms with van der Waals surface area (Å²) in [6.07, 6.45) is 0.900. The zero-order valence-corrected chi connectivity index (χ0v) is 17.0. The molecule has 5 nitrogen and oxygen atoms in total. The van der Waals surface area contributed by atoms with Gasteiger partial charge in [-0.15, -0.1) is 0 Å². The average molecular weight is 367 g/mol. The molecule has 3 rings (SSSR count). The Morgan fingerprint density at radius 2 is 1.93 bits per heavy atom. The summed E-state index contributed by atoms with van der Waals surface area (Å²) in [5.74, 6) is 0. The van der Waals surface area contributed by atoms with Crippen molar-refractivity contribution >= 4 is 11.7 Å². The Morgan fingerprint density at radius 3 is 2.59 bits per heavy atom. The number of anilines is 1. The van der Waals surface area contributed by atoms with Crippen LogP contribution in [-0.4, -0.2) is 49.1 Å². The molecular weight excluding hydrogens is 336 g/mol. The van der Waals surface area contributed by atoms with Gasteiger partial charge in [0.25, 0.3) is 0 Å². The van der Waals surface area contributed by atoms with Gasteiger partial charge in [0.1, 0.15) is 0 Å². The van der Waals surface area contributed by atoms with Gasteiger partial charge in [-0.1, -0.05) is 44.2 Å². The number of benzene rings is 1. The van der Waals surface area contributed by atoms with Crippen LogP contribution in [0, 0.1) is 6.92 Å². The lowest BCUT2D eigenvalue weighted by Gasteiger charge is -2.27. The molecule has 0 fully saturated rings. The van der Waals surface area contributed by atoms with Crippen LogP contribution in [0.25, 0.3) is 0 Å². The van der Waals surface area contributed by atoms with Crippen LogP contribution < -0.4 is 10.2 Å². The Hall–Kier alpha value is -2.40. The van der Waals surface area contributed by atoms with Gasteiger partial charge in [-0.2, -0.15) is 0 Å². The largest absolute Gasteiger partial charge is 0.336 e. The van der Waals surface area contributed by atoms with E-state index in [2.05, 4.69) is 67.4 Å². The molecule has 0 saturated heterocycles. The van der Waals surface area contributed by atoms with E-state index in [-0.39, 0.29) is 17.5 Å². The van der Waals surface area contributed by atoms with E-state index in [1.165, 1.54) is 5.56 Å². The molecule has 2 amide bonds. The standard InChI is InChI=1S/C22H30N4O/c1-16-11-12-19-20(24-16)22(2,3)15-26(19)21(27)23-14-18(25(4)5)13-17-9-7-6-8-10-17/h6-12,18H,13-15H2,1-5H3,(H,23,27). The Kier molecular flexibility index (Phi) is 5.51. The molecule has 1 unspecified atom stereocenters. The zero-order valence-electron chi connectivity index (χ0n) is 17.0. The summed E-state index contributed by atoms with van der Waals surface area (Å²) >= 11 is 0. The number of likely N-dealkylation sites (N-methyl/N-ethyl adjacent to an activating group) is 1. The van der Waals surface area contributed by atoms with Gasteiger partial charge >= 0.3 is 6.03 Å². The highest BCUT2D eigenvalue weighted by molar-refractivity contribution is 5.94. The van der Waals surface area contributed by atoms with Crippen molar-refractivity contribution in [3.8, 4) is 0 Å². The van der Waals surface area contributed by atoms with E-state index < -0.39 is 0 Å². The van der Waals surface area contributed by atoms with E-state index >= 15 is 0 Å². The number of urea groups is 1. The van der Waals surface area contributed by atoms with E-state index in [0.29, 0.717) is 13.1 Å². The first-order valence-electron chi connectivity index (χ1n) is 9.52. The maximum Gasteiger partial charge on any atom is 0.322 e. The number of nitrogens with zero attached hydrogens (tertiary/aromatic N) is 3. The van der Waals surface area contributed by atoms with Gasteiger partial charge < -0.3 is 10.2 Å². The smallest absolute Gasteiger partial charge is 0.322 e. The highest BCUT2D eigenvalue weighted by Crippen LogP contribution is 2.39. The summed E-state index contributed by atoms with van der Waals surface area (Å²) in [5, 5.41) is 3.14. The third kappa shape index (κ3) is 4.30. The molecule has 144 valence electrons.